The number of hydrogen-bond acceptors (Lipinski definition) is 2. The summed E-state index contributed by atoms with van der Waals surface area (Å²) in [6.45, 7) is 22.8. The maximum atomic E-state index is 6.90. The van der Waals surface area contributed by atoms with E-state index in [1.54, 1.807) is 0 Å². The first-order chi connectivity index (χ1) is 32.9. The van der Waals surface area contributed by atoms with Crippen LogP contribution >= 0.6 is 0 Å². The Kier molecular flexibility index (Phi) is 11.3. The average Bonchev–Trinajstić information content (AvgIpc) is 3.95. The van der Waals surface area contributed by atoms with E-state index >= 15 is 0 Å². The lowest BCUT2D eigenvalue weighted by Gasteiger charge is -2.27. The van der Waals surface area contributed by atoms with Crippen molar-refractivity contribution < 1.29 is 9.30 Å². The molecule has 0 N–H and O–H groups in total. The molecular weight excluding hydrogens is 841 g/mol. The van der Waals surface area contributed by atoms with Gasteiger partial charge in [-0.3, -0.25) is 13.7 Å². The Morgan fingerprint density at radius 1 is 0.464 bits per heavy atom. The van der Waals surface area contributed by atoms with Crippen LogP contribution < -0.4 is 9.30 Å². The molecule has 0 bridgehead atoms. The fourth-order valence-corrected chi connectivity index (χ4v) is 9.67. The van der Waals surface area contributed by atoms with Crippen molar-refractivity contribution in [2.24, 2.45) is 0 Å². The van der Waals surface area contributed by atoms with Gasteiger partial charge >= 0.3 is 0 Å². The number of ether oxygens (including phenoxy) is 1. The second kappa shape index (κ2) is 17.2. The fraction of sp³-hybridized carbons (Fsp3) is 0.219. The molecule has 10 rings (SSSR count). The second-order valence-corrected chi connectivity index (χ2v) is 21.7. The zero-order valence-electron chi connectivity index (χ0n) is 41.7. The van der Waals surface area contributed by atoms with Crippen LogP contribution in [-0.4, -0.2) is 14.1 Å². The van der Waals surface area contributed by atoms with Crippen molar-refractivity contribution >= 4 is 21.8 Å². The highest BCUT2D eigenvalue weighted by Crippen LogP contribution is 2.41. The standard InChI is InChI=1S/C64H62N4O/c1-61(2,3)48-33-34-65-60(39-48)68-57-32-29-49(63(7,8)46-23-16-12-17-24-46)38-56(57)55-31-30-54(41-58(55)68)69-53-28-20-27-51(40-53)67-43-66(42-59(67)64(9,10)47-25-18-13-19-26-47)52-36-45(44-21-14-11-15-22-44)35-50(37-52)62(4,5)6/h11-42H,1-10H3. The van der Waals surface area contributed by atoms with Gasteiger partial charge in [-0.05, 0) is 117 Å². The third kappa shape index (κ3) is 8.67. The van der Waals surface area contributed by atoms with E-state index in [-0.39, 0.29) is 21.7 Å². The number of nitrogens with zero attached hydrogens (tertiary/aromatic N) is 4. The highest BCUT2D eigenvalue weighted by Gasteiger charge is 2.30. The molecule has 344 valence electrons. The van der Waals surface area contributed by atoms with Gasteiger partial charge in [-0.25, -0.2) is 4.98 Å². The second-order valence-electron chi connectivity index (χ2n) is 21.7. The number of benzene rings is 7. The average molecular weight is 903 g/mol. The van der Waals surface area contributed by atoms with Crippen molar-refractivity contribution in [3.05, 3.63) is 234 Å². The Bertz CT molecular complexity index is 3470. The van der Waals surface area contributed by atoms with E-state index in [0.717, 1.165) is 50.8 Å². The minimum absolute atomic E-state index is 0.0449. The lowest BCUT2D eigenvalue weighted by molar-refractivity contribution is -0.599. The number of aromatic nitrogens is 4. The first-order valence-electron chi connectivity index (χ1n) is 24.2. The van der Waals surface area contributed by atoms with Crippen LogP contribution in [0.15, 0.2) is 194 Å². The van der Waals surface area contributed by atoms with E-state index in [4.69, 9.17) is 9.72 Å². The normalized spacial score (nSPS) is 12.5. The molecule has 0 saturated heterocycles. The lowest BCUT2D eigenvalue weighted by Crippen LogP contribution is -2.29. The number of pyridine rings is 1. The summed E-state index contributed by atoms with van der Waals surface area (Å²) in [6, 6.07) is 65.2. The summed E-state index contributed by atoms with van der Waals surface area (Å²) in [5, 5.41) is 2.32. The smallest absolute Gasteiger partial charge is 0.269 e. The lowest BCUT2D eigenvalue weighted by atomic mass is 9.78. The maximum absolute atomic E-state index is 6.90. The molecule has 0 saturated carbocycles. The van der Waals surface area contributed by atoms with Crippen molar-refractivity contribution in [1.82, 2.24) is 14.1 Å². The van der Waals surface area contributed by atoms with Gasteiger partial charge in [-0.2, -0.15) is 0 Å². The first-order valence-corrected chi connectivity index (χ1v) is 24.2. The molecule has 0 aliphatic heterocycles. The predicted octanol–water partition coefficient (Wildman–Crippen LogP) is 15.8. The molecular formula is C64H62N4O. The topological polar surface area (TPSA) is 35.9 Å². The zero-order valence-corrected chi connectivity index (χ0v) is 41.7. The first kappa shape index (κ1) is 45.3. The molecule has 0 aliphatic carbocycles. The molecule has 0 unspecified atom stereocenters. The van der Waals surface area contributed by atoms with E-state index in [2.05, 4.69) is 271 Å². The highest BCUT2D eigenvalue weighted by atomic mass is 16.5. The molecule has 0 atom stereocenters. The van der Waals surface area contributed by atoms with Crippen LogP contribution in [0.5, 0.6) is 11.5 Å². The molecule has 0 aliphatic rings. The summed E-state index contributed by atoms with van der Waals surface area (Å²) >= 11 is 0. The quantitative estimate of drug-likeness (QED) is 0.101. The minimum Gasteiger partial charge on any atom is -0.458 e. The Morgan fingerprint density at radius 2 is 1.12 bits per heavy atom. The number of imidazole rings is 1. The molecule has 0 fully saturated rings. The number of hydrogen-bond donors (Lipinski definition) is 0. The van der Waals surface area contributed by atoms with Crippen molar-refractivity contribution in [3.63, 3.8) is 0 Å². The predicted molar refractivity (Wildman–Crippen MR) is 285 cm³/mol. The van der Waals surface area contributed by atoms with Gasteiger partial charge in [0.05, 0.1) is 28.1 Å². The largest absolute Gasteiger partial charge is 0.458 e. The van der Waals surface area contributed by atoms with Crippen LogP contribution in [0.3, 0.4) is 0 Å². The Morgan fingerprint density at radius 3 is 1.80 bits per heavy atom. The van der Waals surface area contributed by atoms with Crippen LogP contribution in [0.2, 0.25) is 0 Å². The van der Waals surface area contributed by atoms with Gasteiger partial charge in [0, 0.05) is 40.1 Å². The van der Waals surface area contributed by atoms with Crippen LogP contribution in [0, 0.1) is 6.33 Å². The maximum Gasteiger partial charge on any atom is 0.269 e. The van der Waals surface area contributed by atoms with Crippen molar-refractivity contribution in [2.75, 3.05) is 0 Å². The summed E-state index contributed by atoms with van der Waals surface area (Å²) < 4.78 is 13.6. The van der Waals surface area contributed by atoms with Gasteiger partial charge in [0.2, 0.25) is 0 Å². The Labute approximate surface area is 408 Å². The molecule has 7 aromatic carbocycles. The molecule has 3 heterocycles. The van der Waals surface area contributed by atoms with Crippen molar-refractivity contribution in [3.8, 4) is 39.8 Å². The monoisotopic (exact) mass is 902 g/mol. The molecule has 5 nitrogen and oxygen atoms in total. The molecule has 0 radical (unpaired) electrons. The van der Waals surface area contributed by atoms with Gasteiger partial charge in [-0.1, -0.05) is 178 Å². The molecule has 3 aromatic heterocycles. The molecule has 10 aromatic rings. The summed E-state index contributed by atoms with van der Waals surface area (Å²) in [5.41, 5.74) is 13.2. The SMILES string of the molecule is CC(C)(C)c1cc(-c2ccccc2)cc(-[n+]2[c-]n(-c3cccc(Oc4ccc5c6cc(C(C)(C)c7ccccc7)ccc6n(-c6cc(C(C)(C)C)ccn6)c5c4)c3)c(C(C)(C)c3ccccc3)c2)c1. The van der Waals surface area contributed by atoms with E-state index in [1.807, 2.05) is 12.3 Å². The van der Waals surface area contributed by atoms with E-state index in [1.165, 1.54) is 44.3 Å². The van der Waals surface area contributed by atoms with Gasteiger partial charge in [0.15, 0.2) is 0 Å². The van der Waals surface area contributed by atoms with E-state index < -0.39 is 0 Å². The fourth-order valence-electron chi connectivity index (χ4n) is 9.67. The molecule has 0 amide bonds. The molecule has 0 spiro atoms. The third-order valence-electron chi connectivity index (χ3n) is 14.1. The summed E-state index contributed by atoms with van der Waals surface area (Å²) in [7, 11) is 0. The van der Waals surface area contributed by atoms with Crippen LogP contribution in [0.4, 0.5) is 0 Å². The van der Waals surface area contributed by atoms with E-state index in [0.29, 0.717) is 0 Å². The van der Waals surface area contributed by atoms with Gasteiger partial charge in [0.1, 0.15) is 17.3 Å². The van der Waals surface area contributed by atoms with Crippen molar-refractivity contribution in [2.45, 2.75) is 90.9 Å². The zero-order chi connectivity index (χ0) is 48.3. The third-order valence-corrected chi connectivity index (χ3v) is 14.1. The van der Waals surface area contributed by atoms with Crippen LogP contribution in [0.25, 0.3) is 50.1 Å². The summed E-state index contributed by atoms with van der Waals surface area (Å²) in [4.78, 5) is 5.00. The van der Waals surface area contributed by atoms with Gasteiger partial charge in [0.25, 0.3) is 6.33 Å². The number of fused-ring (bicyclic) bond motifs is 3. The summed E-state index contributed by atoms with van der Waals surface area (Å²) in [6.07, 6.45) is 8.00. The van der Waals surface area contributed by atoms with Gasteiger partial charge in [-0.15, -0.1) is 0 Å². The summed E-state index contributed by atoms with van der Waals surface area (Å²) in [5.74, 6) is 2.35. The highest BCUT2D eigenvalue weighted by molar-refractivity contribution is 6.10. The Hall–Kier alpha value is -7.50. The van der Waals surface area contributed by atoms with E-state index in [9.17, 15) is 0 Å². The van der Waals surface area contributed by atoms with Crippen LogP contribution in [-0.2, 0) is 21.7 Å². The minimum atomic E-state index is -0.378. The molecule has 69 heavy (non-hydrogen) atoms. The number of rotatable bonds is 10. The Balaban J connectivity index is 1.09. The molecule has 5 heteroatoms. The van der Waals surface area contributed by atoms with Crippen LogP contribution in [0.1, 0.15) is 103 Å². The van der Waals surface area contributed by atoms with Crippen molar-refractivity contribution in [1.29, 1.82) is 0 Å². The van der Waals surface area contributed by atoms with Gasteiger partial charge < -0.3 is 4.74 Å².